The van der Waals surface area contributed by atoms with Gasteiger partial charge in [0.25, 0.3) is 0 Å². The molecule has 1 aliphatic carbocycles. The molecule has 0 radical (unpaired) electrons. The normalized spacial score (nSPS) is 31.0. The van der Waals surface area contributed by atoms with Crippen molar-refractivity contribution in [2.24, 2.45) is 11.3 Å². The molecule has 0 amide bonds. The van der Waals surface area contributed by atoms with E-state index in [-0.39, 0.29) is 16.8 Å². The van der Waals surface area contributed by atoms with Crippen molar-refractivity contribution < 1.29 is 14.3 Å². The quantitative estimate of drug-likeness (QED) is 0.780. The smallest absolute Gasteiger partial charge is 0.170 e. The van der Waals surface area contributed by atoms with Crippen molar-refractivity contribution in [2.75, 3.05) is 7.11 Å². The summed E-state index contributed by atoms with van der Waals surface area (Å²) in [5, 5.41) is 0. The summed E-state index contributed by atoms with van der Waals surface area (Å²) >= 11 is 0. The minimum Gasteiger partial charge on any atom is -0.497 e. The first-order valence-corrected chi connectivity index (χ1v) is 7.25. The predicted molar refractivity (Wildman–Crippen MR) is 77.5 cm³/mol. The van der Waals surface area contributed by atoms with Crippen LogP contribution in [0.4, 0.5) is 0 Å². The molecule has 0 N–H and O–H groups in total. The zero-order chi connectivity index (χ0) is 14.5. The topological polar surface area (TPSA) is 35.5 Å². The van der Waals surface area contributed by atoms with E-state index >= 15 is 0 Å². The highest BCUT2D eigenvalue weighted by Crippen LogP contribution is 2.53. The number of rotatable bonds is 1. The van der Waals surface area contributed by atoms with Gasteiger partial charge in [-0.2, -0.15) is 0 Å². The maximum Gasteiger partial charge on any atom is 0.170 e. The highest BCUT2D eigenvalue weighted by Gasteiger charge is 2.53. The van der Waals surface area contributed by atoms with E-state index in [4.69, 9.17) is 9.47 Å². The second-order valence-corrected chi connectivity index (χ2v) is 7.08. The molecule has 108 valence electrons. The molecule has 2 aliphatic rings. The van der Waals surface area contributed by atoms with Crippen molar-refractivity contribution in [3.05, 3.63) is 23.8 Å². The monoisotopic (exact) mass is 274 g/mol. The fourth-order valence-electron chi connectivity index (χ4n) is 4.01. The average Bonchev–Trinajstić information content (AvgIpc) is 2.58. The van der Waals surface area contributed by atoms with Gasteiger partial charge in [0.1, 0.15) is 17.1 Å². The summed E-state index contributed by atoms with van der Waals surface area (Å²) in [7, 11) is 1.61. The van der Waals surface area contributed by atoms with Crippen molar-refractivity contribution in [3.63, 3.8) is 0 Å². The number of carbonyl (C=O) groups excluding carboxylic acids is 1. The minimum absolute atomic E-state index is 0.176. The summed E-state index contributed by atoms with van der Waals surface area (Å²) < 4.78 is 11.5. The molecule has 0 saturated heterocycles. The van der Waals surface area contributed by atoms with Gasteiger partial charge in [-0.3, -0.25) is 4.79 Å². The summed E-state index contributed by atoms with van der Waals surface area (Å²) in [4.78, 5) is 12.5. The van der Waals surface area contributed by atoms with Gasteiger partial charge < -0.3 is 9.47 Å². The number of fused-ring (bicyclic) bond motifs is 1. The number of carbonyl (C=O) groups is 1. The number of Topliss-reactive ketones (excluding diaryl/α,β-unsaturated/α-hetero) is 1. The lowest BCUT2D eigenvalue weighted by Gasteiger charge is -2.38. The van der Waals surface area contributed by atoms with Crippen LogP contribution in [-0.4, -0.2) is 18.5 Å². The zero-order valence-corrected chi connectivity index (χ0v) is 12.7. The first-order chi connectivity index (χ1) is 9.35. The molecular formula is C17H22O3. The second-order valence-electron chi connectivity index (χ2n) is 7.08. The van der Waals surface area contributed by atoms with Gasteiger partial charge in [-0.05, 0) is 42.4 Å². The molecule has 1 heterocycles. The van der Waals surface area contributed by atoms with Gasteiger partial charge in [-0.1, -0.05) is 20.8 Å². The molecule has 0 bridgehead atoms. The molecule has 1 spiro atoms. The van der Waals surface area contributed by atoms with Gasteiger partial charge in [0.05, 0.1) is 19.1 Å². The predicted octanol–water partition coefficient (Wildman–Crippen LogP) is 3.86. The molecule has 1 aliphatic heterocycles. The highest BCUT2D eigenvalue weighted by molar-refractivity contribution is 6.00. The number of hydrogen-bond donors (Lipinski definition) is 0. The molecule has 2 unspecified atom stereocenters. The van der Waals surface area contributed by atoms with Gasteiger partial charge >= 0.3 is 0 Å². The Labute approximate surface area is 120 Å². The van der Waals surface area contributed by atoms with E-state index in [1.807, 2.05) is 12.1 Å². The SMILES string of the molecule is COc1ccc2c(c1)C(=O)CC1(CC(C)(C)CC1C)O2. The van der Waals surface area contributed by atoms with Crippen molar-refractivity contribution in [1.82, 2.24) is 0 Å². The zero-order valence-electron chi connectivity index (χ0n) is 12.7. The molecule has 1 aromatic carbocycles. The Balaban J connectivity index is 1.99. The molecule has 2 atom stereocenters. The van der Waals surface area contributed by atoms with Crippen LogP contribution in [0.5, 0.6) is 11.5 Å². The van der Waals surface area contributed by atoms with Crippen molar-refractivity contribution >= 4 is 5.78 Å². The number of benzene rings is 1. The lowest BCUT2D eigenvalue weighted by Crippen LogP contribution is -2.44. The van der Waals surface area contributed by atoms with Crippen LogP contribution in [-0.2, 0) is 0 Å². The van der Waals surface area contributed by atoms with Crippen molar-refractivity contribution in [3.8, 4) is 11.5 Å². The molecule has 3 rings (SSSR count). The summed E-state index contributed by atoms with van der Waals surface area (Å²) in [5.41, 5.74) is 0.582. The van der Waals surface area contributed by atoms with Crippen LogP contribution in [0.1, 0.15) is 50.4 Å². The first-order valence-electron chi connectivity index (χ1n) is 7.25. The second kappa shape index (κ2) is 4.24. The highest BCUT2D eigenvalue weighted by atomic mass is 16.5. The average molecular weight is 274 g/mol. The Morgan fingerprint density at radius 2 is 2.10 bits per heavy atom. The van der Waals surface area contributed by atoms with Crippen LogP contribution in [0.2, 0.25) is 0 Å². The molecule has 20 heavy (non-hydrogen) atoms. The summed E-state index contributed by atoms with van der Waals surface area (Å²) in [6.07, 6.45) is 2.53. The largest absolute Gasteiger partial charge is 0.497 e. The van der Waals surface area contributed by atoms with E-state index in [1.165, 1.54) is 0 Å². The molecule has 1 fully saturated rings. The van der Waals surface area contributed by atoms with Crippen LogP contribution in [0.3, 0.4) is 0 Å². The van der Waals surface area contributed by atoms with Crippen LogP contribution in [0.15, 0.2) is 18.2 Å². The molecule has 1 saturated carbocycles. The van der Waals surface area contributed by atoms with E-state index in [1.54, 1.807) is 13.2 Å². The van der Waals surface area contributed by atoms with Crippen LogP contribution >= 0.6 is 0 Å². The summed E-state index contributed by atoms with van der Waals surface area (Å²) in [6, 6.07) is 5.51. The number of methoxy groups -OCH3 is 1. The van der Waals surface area contributed by atoms with E-state index < -0.39 is 0 Å². The number of ketones is 1. The van der Waals surface area contributed by atoms with Gasteiger partial charge in [0, 0.05) is 0 Å². The van der Waals surface area contributed by atoms with E-state index in [0.717, 1.165) is 12.8 Å². The molecular weight excluding hydrogens is 252 g/mol. The van der Waals surface area contributed by atoms with Gasteiger partial charge in [0.2, 0.25) is 0 Å². The first kappa shape index (κ1) is 13.5. The number of ether oxygens (including phenoxy) is 2. The maximum atomic E-state index is 12.5. The van der Waals surface area contributed by atoms with E-state index in [9.17, 15) is 4.79 Å². The Bertz CT molecular complexity index is 561. The van der Waals surface area contributed by atoms with E-state index in [0.29, 0.717) is 29.4 Å². The third-order valence-corrected chi connectivity index (χ3v) is 4.79. The van der Waals surface area contributed by atoms with Gasteiger partial charge in [-0.25, -0.2) is 0 Å². The molecule has 3 heteroatoms. The van der Waals surface area contributed by atoms with Crippen molar-refractivity contribution in [2.45, 2.75) is 45.6 Å². The Kier molecular flexibility index (Phi) is 2.86. The molecule has 3 nitrogen and oxygen atoms in total. The summed E-state index contributed by atoms with van der Waals surface area (Å²) in [5.74, 6) is 1.99. The van der Waals surface area contributed by atoms with Crippen molar-refractivity contribution in [1.29, 1.82) is 0 Å². The number of hydrogen-bond acceptors (Lipinski definition) is 3. The Morgan fingerprint density at radius 3 is 2.70 bits per heavy atom. The summed E-state index contributed by atoms with van der Waals surface area (Å²) in [6.45, 7) is 6.72. The van der Waals surface area contributed by atoms with E-state index in [2.05, 4.69) is 20.8 Å². The van der Waals surface area contributed by atoms with Crippen LogP contribution < -0.4 is 9.47 Å². The Hall–Kier alpha value is -1.51. The third kappa shape index (κ3) is 2.00. The minimum atomic E-state index is -0.317. The molecule has 1 aromatic rings. The lowest BCUT2D eigenvalue weighted by molar-refractivity contribution is 0.0137. The molecule has 0 aromatic heterocycles. The maximum absolute atomic E-state index is 12.5. The Morgan fingerprint density at radius 1 is 1.35 bits per heavy atom. The van der Waals surface area contributed by atoms with Crippen LogP contribution in [0.25, 0.3) is 0 Å². The standard InChI is InChI=1S/C17H22O3/c1-11-8-16(2,3)10-17(11)9-14(18)13-7-12(19-4)5-6-15(13)20-17/h5-7,11H,8-10H2,1-4H3. The van der Waals surface area contributed by atoms with Gasteiger partial charge in [-0.15, -0.1) is 0 Å². The van der Waals surface area contributed by atoms with Crippen LogP contribution in [0, 0.1) is 11.3 Å². The van der Waals surface area contributed by atoms with Gasteiger partial charge in [0.15, 0.2) is 5.78 Å². The fourth-order valence-corrected chi connectivity index (χ4v) is 4.01. The fraction of sp³-hybridized carbons (Fsp3) is 0.588. The lowest BCUT2D eigenvalue weighted by atomic mass is 9.82. The third-order valence-electron chi connectivity index (χ3n) is 4.79.